The van der Waals surface area contributed by atoms with E-state index in [1.165, 1.54) is 0 Å². The van der Waals surface area contributed by atoms with Gasteiger partial charge in [-0.1, -0.05) is 13.0 Å². The summed E-state index contributed by atoms with van der Waals surface area (Å²) in [6, 6.07) is 5.92. The van der Waals surface area contributed by atoms with Crippen LogP contribution in [0.25, 0.3) is 5.82 Å². The highest BCUT2D eigenvalue weighted by atomic mass is 15.4. The average molecular weight is 231 g/mol. The van der Waals surface area contributed by atoms with Crippen molar-refractivity contribution in [1.82, 2.24) is 25.1 Å². The molecule has 0 saturated carbocycles. The van der Waals surface area contributed by atoms with Gasteiger partial charge in [0.1, 0.15) is 6.33 Å². The zero-order chi connectivity index (χ0) is 12.1. The second-order valence-electron chi connectivity index (χ2n) is 3.89. The molecule has 0 radical (unpaired) electrons. The van der Waals surface area contributed by atoms with Crippen LogP contribution in [0.3, 0.4) is 0 Å². The van der Waals surface area contributed by atoms with Crippen molar-refractivity contribution in [3.05, 3.63) is 36.5 Å². The summed E-state index contributed by atoms with van der Waals surface area (Å²) in [7, 11) is 0. The van der Waals surface area contributed by atoms with E-state index in [-0.39, 0.29) is 6.04 Å². The zero-order valence-corrected chi connectivity index (χ0v) is 10.2. The van der Waals surface area contributed by atoms with Crippen LogP contribution in [0.2, 0.25) is 0 Å². The Morgan fingerprint density at radius 3 is 2.94 bits per heavy atom. The number of aromatic nitrogens is 4. The van der Waals surface area contributed by atoms with Gasteiger partial charge in [0.25, 0.3) is 0 Å². The van der Waals surface area contributed by atoms with Gasteiger partial charge in [0.15, 0.2) is 11.6 Å². The third kappa shape index (κ3) is 2.68. The minimum atomic E-state index is 0.166. The van der Waals surface area contributed by atoms with Crippen molar-refractivity contribution in [3.63, 3.8) is 0 Å². The van der Waals surface area contributed by atoms with Crippen molar-refractivity contribution in [2.45, 2.75) is 26.3 Å². The average Bonchev–Trinajstić information content (AvgIpc) is 2.86. The maximum absolute atomic E-state index is 4.29. The van der Waals surface area contributed by atoms with Gasteiger partial charge < -0.3 is 5.32 Å². The van der Waals surface area contributed by atoms with Gasteiger partial charge in [0.05, 0.1) is 6.04 Å². The Balaban J connectivity index is 2.23. The Hall–Kier alpha value is -1.75. The number of hydrogen-bond donors (Lipinski definition) is 1. The lowest BCUT2D eigenvalue weighted by Crippen LogP contribution is -2.23. The molecule has 2 aromatic heterocycles. The SMILES string of the molecule is CCCNC(C)c1ncnn1-c1ccccn1. The first-order valence-corrected chi connectivity index (χ1v) is 5.87. The highest BCUT2D eigenvalue weighted by molar-refractivity contribution is 5.21. The van der Waals surface area contributed by atoms with Crippen molar-refractivity contribution >= 4 is 0 Å². The number of hydrogen-bond acceptors (Lipinski definition) is 4. The van der Waals surface area contributed by atoms with Gasteiger partial charge in [-0.15, -0.1) is 0 Å². The van der Waals surface area contributed by atoms with Crippen LogP contribution in [0.15, 0.2) is 30.7 Å². The van der Waals surface area contributed by atoms with E-state index in [0.717, 1.165) is 24.6 Å². The Morgan fingerprint density at radius 2 is 2.24 bits per heavy atom. The lowest BCUT2D eigenvalue weighted by atomic mass is 10.3. The number of rotatable bonds is 5. The van der Waals surface area contributed by atoms with E-state index >= 15 is 0 Å². The van der Waals surface area contributed by atoms with Crippen molar-refractivity contribution in [2.75, 3.05) is 6.54 Å². The first kappa shape index (κ1) is 11.7. The Morgan fingerprint density at radius 1 is 1.35 bits per heavy atom. The van der Waals surface area contributed by atoms with E-state index < -0.39 is 0 Å². The summed E-state index contributed by atoms with van der Waals surface area (Å²) < 4.78 is 1.77. The van der Waals surface area contributed by atoms with E-state index in [9.17, 15) is 0 Å². The van der Waals surface area contributed by atoms with E-state index in [1.807, 2.05) is 18.2 Å². The van der Waals surface area contributed by atoms with E-state index in [1.54, 1.807) is 17.2 Å². The molecule has 0 spiro atoms. The Bertz CT molecular complexity index is 451. The van der Waals surface area contributed by atoms with Crippen LogP contribution >= 0.6 is 0 Å². The number of nitrogens with zero attached hydrogens (tertiary/aromatic N) is 4. The lowest BCUT2D eigenvalue weighted by molar-refractivity contribution is 0.529. The third-order valence-corrected chi connectivity index (χ3v) is 2.53. The summed E-state index contributed by atoms with van der Waals surface area (Å²) in [6.45, 7) is 5.19. The molecule has 0 aliphatic carbocycles. The Kier molecular flexibility index (Phi) is 3.82. The molecule has 90 valence electrons. The van der Waals surface area contributed by atoms with Crippen molar-refractivity contribution < 1.29 is 0 Å². The van der Waals surface area contributed by atoms with Crippen LogP contribution in [0.5, 0.6) is 0 Å². The normalized spacial score (nSPS) is 12.6. The van der Waals surface area contributed by atoms with Crippen LogP contribution in [-0.4, -0.2) is 26.3 Å². The molecule has 2 rings (SSSR count). The Labute approximate surface area is 101 Å². The topological polar surface area (TPSA) is 55.6 Å². The van der Waals surface area contributed by atoms with Crippen LogP contribution in [0.4, 0.5) is 0 Å². The molecule has 0 aliphatic rings. The summed E-state index contributed by atoms with van der Waals surface area (Å²) >= 11 is 0. The maximum atomic E-state index is 4.29. The van der Waals surface area contributed by atoms with Crippen LogP contribution < -0.4 is 5.32 Å². The second kappa shape index (κ2) is 5.54. The molecule has 5 nitrogen and oxygen atoms in total. The molecule has 0 aromatic carbocycles. The first-order valence-electron chi connectivity index (χ1n) is 5.87. The molecule has 0 amide bonds. The van der Waals surface area contributed by atoms with E-state index in [4.69, 9.17) is 0 Å². The molecule has 0 saturated heterocycles. The molecule has 1 unspecified atom stereocenters. The fraction of sp³-hybridized carbons (Fsp3) is 0.417. The van der Waals surface area contributed by atoms with Gasteiger partial charge >= 0.3 is 0 Å². The summed E-state index contributed by atoms with van der Waals surface area (Å²) in [5.41, 5.74) is 0. The molecule has 5 heteroatoms. The molecular weight excluding hydrogens is 214 g/mol. The van der Waals surface area contributed by atoms with Crippen LogP contribution in [0, 0.1) is 0 Å². The zero-order valence-electron chi connectivity index (χ0n) is 10.2. The van der Waals surface area contributed by atoms with Gasteiger partial charge in [-0.25, -0.2) is 9.97 Å². The van der Waals surface area contributed by atoms with Crippen LogP contribution in [0.1, 0.15) is 32.1 Å². The smallest absolute Gasteiger partial charge is 0.155 e. The van der Waals surface area contributed by atoms with Gasteiger partial charge in [0.2, 0.25) is 0 Å². The molecule has 0 fully saturated rings. The minimum absolute atomic E-state index is 0.166. The minimum Gasteiger partial charge on any atom is -0.308 e. The van der Waals surface area contributed by atoms with Crippen molar-refractivity contribution in [2.24, 2.45) is 0 Å². The fourth-order valence-electron chi connectivity index (χ4n) is 1.65. The molecule has 0 bridgehead atoms. The fourth-order valence-corrected chi connectivity index (χ4v) is 1.65. The highest BCUT2D eigenvalue weighted by Gasteiger charge is 2.13. The molecule has 2 heterocycles. The predicted octanol–water partition coefficient (Wildman–Crippen LogP) is 1.72. The predicted molar refractivity (Wildman–Crippen MR) is 65.9 cm³/mol. The van der Waals surface area contributed by atoms with Gasteiger partial charge in [-0.3, -0.25) is 0 Å². The maximum Gasteiger partial charge on any atom is 0.155 e. The monoisotopic (exact) mass is 231 g/mol. The summed E-state index contributed by atoms with van der Waals surface area (Å²) in [5, 5.41) is 7.61. The molecule has 2 aromatic rings. The molecule has 1 atom stereocenters. The van der Waals surface area contributed by atoms with Gasteiger partial charge in [-0.2, -0.15) is 9.78 Å². The highest BCUT2D eigenvalue weighted by Crippen LogP contribution is 2.12. The first-order chi connectivity index (χ1) is 8.33. The summed E-state index contributed by atoms with van der Waals surface area (Å²) in [6.07, 6.45) is 4.42. The lowest BCUT2D eigenvalue weighted by Gasteiger charge is -2.13. The molecular formula is C12H17N5. The largest absolute Gasteiger partial charge is 0.308 e. The summed E-state index contributed by atoms with van der Waals surface area (Å²) in [5.74, 6) is 1.68. The van der Waals surface area contributed by atoms with Gasteiger partial charge in [-0.05, 0) is 32.0 Å². The van der Waals surface area contributed by atoms with E-state index in [0.29, 0.717) is 0 Å². The number of pyridine rings is 1. The van der Waals surface area contributed by atoms with Crippen LogP contribution in [-0.2, 0) is 0 Å². The second-order valence-corrected chi connectivity index (χ2v) is 3.89. The number of nitrogens with one attached hydrogen (secondary N) is 1. The standard InChI is InChI=1S/C12H17N5/c1-3-7-13-10(2)12-15-9-16-17(12)11-6-4-5-8-14-11/h4-6,8-10,13H,3,7H2,1-2H3. The van der Waals surface area contributed by atoms with Crippen molar-refractivity contribution in [1.29, 1.82) is 0 Å². The quantitative estimate of drug-likeness (QED) is 0.851. The molecule has 0 aliphatic heterocycles. The van der Waals surface area contributed by atoms with Gasteiger partial charge in [0, 0.05) is 6.20 Å². The third-order valence-electron chi connectivity index (χ3n) is 2.53. The van der Waals surface area contributed by atoms with Crippen molar-refractivity contribution in [3.8, 4) is 5.82 Å². The molecule has 17 heavy (non-hydrogen) atoms. The molecule has 1 N–H and O–H groups in total. The summed E-state index contributed by atoms with van der Waals surface area (Å²) in [4.78, 5) is 8.57. The van der Waals surface area contributed by atoms with E-state index in [2.05, 4.69) is 34.2 Å².